The summed E-state index contributed by atoms with van der Waals surface area (Å²) in [7, 11) is 0. The van der Waals surface area contributed by atoms with Gasteiger partial charge in [-0.15, -0.1) is 0 Å². The highest BCUT2D eigenvalue weighted by atomic mass is 16.7. The summed E-state index contributed by atoms with van der Waals surface area (Å²) in [5, 5.41) is 2.80. The van der Waals surface area contributed by atoms with Crippen LogP contribution in [0.25, 0.3) is 6.08 Å². The minimum atomic E-state index is -0.457. The number of β-lactam (4-membered cyclic amide) rings is 1. The normalized spacial score (nSPS) is 24.0. The number of benzene rings is 1. The lowest BCUT2D eigenvalue weighted by atomic mass is 10.0. The van der Waals surface area contributed by atoms with Crippen LogP contribution in [0.5, 0.6) is 0 Å². The number of rotatable bonds is 6. The van der Waals surface area contributed by atoms with Gasteiger partial charge in [0, 0.05) is 6.61 Å². The lowest BCUT2D eigenvalue weighted by molar-refractivity contribution is -0.187. The Morgan fingerprint density at radius 2 is 2.11 bits per heavy atom. The fourth-order valence-corrected chi connectivity index (χ4v) is 1.94. The Morgan fingerprint density at radius 1 is 1.37 bits per heavy atom. The molecular formula is C15H19NO3. The van der Waals surface area contributed by atoms with E-state index in [0.717, 1.165) is 5.56 Å². The smallest absolute Gasteiger partial charge is 0.252 e. The average molecular weight is 261 g/mol. The van der Waals surface area contributed by atoms with Gasteiger partial charge in [0.25, 0.3) is 5.91 Å². The second kappa shape index (κ2) is 6.50. The molecule has 1 amide bonds. The van der Waals surface area contributed by atoms with Crippen LogP contribution >= 0.6 is 0 Å². The van der Waals surface area contributed by atoms with Gasteiger partial charge in [0.15, 0.2) is 12.4 Å². The molecule has 0 saturated carbocycles. The highest BCUT2D eigenvalue weighted by Crippen LogP contribution is 2.16. The number of hydrogen-bond acceptors (Lipinski definition) is 3. The highest BCUT2D eigenvalue weighted by Gasteiger charge is 2.39. The van der Waals surface area contributed by atoms with Gasteiger partial charge in [-0.2, -0.15) is 0 Å². The second-order valence-corrected chi connectivity index (χ2v) is 4.38. The van der Waals surface area contributed by atoms with E-state index in [1.807, 2.05) is 49.4 Å². The SMILES string of the molecule is CCOC(C)O[C@H]1C(=O)N[C@H]1C=Cc1ccccc1. The Labute approximate surface area is 113 Å². The van der Waals surface area contributed by atoms with Crippen LogP contribution in [0.15, 0.2) is 36.4 Å². The van der Waals surface area contributed by atoms with Gasteiger partial charge in [0.2, 0.25) is 0 Å². The minimum absolute atomic E-state index is 0.0874. The first-order chi connectivity index (χ1) is 9.20. The largest absolute Gasteiger partial charge is 0.353 e. The van der Waals surface area contributed by atoms with Gasteiger partial charge in [0.05, 0.1) is 6.04 Å². The molecule has 1 saturated heterocycles. The molecule has 1 unspecified atom stereocenters. The van der Waals surface area contributed by atoms with E-state index in [9.17, 15) is 4.79 Å². The molecule has 0 spiro atoms. The quantitative estimate of drug-likeness (QED) is 0.629. The van der Waals surface area contributed by atoms with E-state index in [2.05, 4.69) is 5.32 Å². The van der Waals surface area contributed by atoms with Crippen molar-refractivity contribution in [3.05, 3.63) is 42.0 Å². The summed E-state index contributed by atoms with van der Waals surface area (Å²) >= 11 is 0. The Kier molecular flexibility index (Phi) is 4.71. The van der Waals surface area contributed by atoms with Crippen molar-refractivity contribution in [3.63, 3.8) is 0 Å². The fourth-order valence-electron chi connectivity index (χ4n) is 1.94. The molecule has 1 aromatic rings. The maximum Gasteiger partial charge on any atom is 0.252 e. The zero-order valence-electron chi connectivity index (χ0n) is 11.2. The monoisotopic (exact) mass is 261 g/mol. The maximum absolute atomic E-state index is 11.5. The molecule has 4 nitrogen and oxygen atoms in total. The molecule has 3 atom stereocenters. The molecule has 0 aromatic heterocycles. The molecule has 0 radical (unpaired) electrons. The van der Waals surface area contributed by atoms with Gasteiger partial charge in [0.1, 0.15) is 0 Å². The van der Waals surface area contributed by atoms with Gasteiger partial charge in [-0.25, -0.2) is 0 Å². The predicted octanol–water partition coefficient (Wildman–Crippen LogP) is 1.97. The van der Waals surface area contributed by atoms with Crippen molar-refractivity contribution >= 4 is 12.0 Å². The zero-order chi connectivity index (χ0) is 13.7. The van der Waals surface area contributed by atoms with Crippen molar-refractivity contribution in [2.75, 3.05) is 6.61 Å². The van der Waals surface area contributed by atoms with Crippen molar-refractivity contribution in [1.82, 2.24) is 5.32 Å². The van der Waals surface area contributed by atoms with E-state index in [4.69, 9.17) is 9.47 Å². The molecule has 1 aliphatic heterocycles. The minimum Gasteiger partial charge on any atom is -0.353 e. The number of carbonyl (C=O) groups excluding carboxylic acids is 1. The molecule has 0 bridgehead atoms. The van der Waals surface area contributed by atoms with Gasteiger partial charge >= 0.3 is 0 Å². The molecule has 1 heterocycles. The average Bonchev–Trinajstić information content (AvgIpc) is 2.42. The van der Waals surface area contributed by atoms with Gasteiger partial charge < -0.3 is 14.8 Å². The molecular weight excluding hydrogens is 242 g/mol. The topological polar surface area (TPSA) is 47.6 Å². The van der Waals surface area contributed by atoms with Crippen LogP contribution in [0.2, 0.25) is 0 Å². The molecule has 1 aromatic carbocycles. The van der Waals surface area contributed by atoms with E-state index in [0.29, 0.717) is 6.61 Å². The molecule has 1 N–H and O–H groups in total. The van der Waals surface area contributed by atoms with Gasteiger partial charge in [-0.05, 0) is 19.4 Å². The number of hydrogen-bond donors (Lipinski definition) is 1. The third-order valence-electron chi connectivity index (χ3n) is 2.93. The van der Waals surface area contributed by atoms with E-state index < -0.39 is 6.10 Å². The van der Waals surface area contributed by atoms with Crippen molar-refractivity contribution in [3.8, 4) is 0 Å². The molecule has 0 aliphatic carbocycles. The summed E-state index contributed by atoms with van der Waals surface area (Å²) in [4.78, 5) is 11.5. The van der Waals surface area contributed by atoms with Crippen LogP contribution in [0, 0.1) is 0 Å². The van der Waals surface area contributed by atoms with Crippen LogP contribution in [0.3, 0.4) is 0 Å². The van der Waals surface area contributed by atoms with E-state index in [1.54, 1.807) is 6.92 Å². The van der Waals surface area contributed by atoms with Gasteiger partial charge in [-0.1, -0.05) is 42.5 Å². The summed E-state index contributed by atoms with van der Waals surface area (Å²) in [6.45, 7) is 4.26. The van der Waals surface area contributed by atoms with Crippen LogP contribution in [0.4, 0.5) is 0 Å². The Balaban J connectivity index is 1.90. The molecule has 4 heteroatoms. The Morgan fingerprint density at radius 3 is 2.74 bits per heavy atom. The number of amides is 1. The van der Waals surface area contributed by atoms with E-state index in [-0.39, 0.29) is 18.2 Å². The van der Waals surface area contributed by atoms with Crippen LogP contribution in [0.1, 0.15) is 19.4 Å². The molecule has 1 aliphatic rings. The van der Waals surface area contributed by atoms with Crippen LogP contribution in [-0.4, -0.2) is 30.9 Å². The van der Waals surface area contributed by atoms with Crippen molar-refractivity contribution < 1.29 is 14.3 Å². The predicted molar refractivity (Wildman–Crippen MR) is 73.4 cm³/mol. The van der Waals surface area contributed by atoms with Crippen molar-refractivity contribution in [2.24, 2.45) is 0 Å². The third-order valence-corrected chi connectivity index (χ3v) is 2.93. The lowest BCUT2D eigenvalue weighted by Crippen LogP contribution is -2.63. The number of nitrogens with one attached hydrogen (secondary N) is 1. The second-order valence-electron chi connectivity index (χ2n) is 4.38. The third kappa shape index (κ3) is 3.66. The summed E-state index contributed by atoms with van der Waals surface area (Å²) in [5.41, 5.74) is 1.10. The first kappa shape index (κ1) is 13.8. The lowest BCUT2D eigenvalue weighted by Gasteiger charge is -2.35. The van der Waals surface area contributed by atoms with Crippen molar-refractivity contribution in [2.45, 2.75) is 32.3 Å². The molecule has 2 rings (SSSR count). The van der Waals surface area contributed by atoms with Crippen LogP contribution < -0.4 is 5.32 Å². The number of carbonyl (C=O) groups is 1. The fraction of sp³-hybridized carbons (Fsp3) is 0.400. The first-order valence-electron chi connectivity index (χ1n) is 6.51. The number of ether oxygens (including phenoxy) is 2. The van der Waals surface area contributed by atoms with E-state index in [1.165, 1.54) is 0 Å². The van der Waals surface area contributed by atoms with Crippen LogP contribution in [-0.2, 0) is 14.3 Å². The molecule has 102 valence electrons. The summed E-state index contributed by atoms with van der Waals surface area (Å²) < 4.78 is 10.8. The zero-order valence-corrected chi connectivity index (χ0v) is 11.2. The van der Waals surface area contributed by atoms with Crippen molar-refractivity contribution in [1.29, 1.82) is 0 Å². The van der Waals surface area contributed by atoms with Gasteiger partial charge in [-0.3, -0.25) is 4.79 Å². The Bertz CT molecular complexity index is 444. The first-order valence-corrected chi connectivity index (χ1v) is 6.51. The standard InChI is InChI=1S/C15H19NO3/c1-3-18-11(2)19-14-13(16-15(14)17)10-9-12-7-5-4-6-8-12/h4-11,13-14H,3H2,1-2H3,(H,16,17)/t11?,13-,14+/m0/s1. The summed E-state index contributed by atoms with van der Waals surface area (Å²) in [6, 6.07) is 9.85. The summed E-state index contributed by atoms with van der Waals surface area (Å²) in [5.74, 6) is -0.0886. The Hall–Kier alpha value is -1.65. The maximum atomic E-state index is 11.5. The summed E-state index contributed by atoms with van der Waals surface area (Å²) in [6.07, 6.45) is 3.10. The highest BCUT2D eigenvalue weighted by molar-refractivity contribution is 5.89. The van der Waals surface area contributed by atoms with E-state index >= 15 is 0 Å². The molecule has 19 heavy (non-hydrogen) atoms. The molecule has 1 fully saturated rings.